The van der Waals surface area contributed by atoms with Crippen LogP contribution in [0.25, 0.3) is 11.1 Å². The number of hydrogen-bond acceptors (Lipinski definition) is 6. The lowest BCUT2D eigenvalue weighted by Gasteiger charge is -2.49. The number of methoxy groups -OCH3 is 2. The first-order valence-electron chi connectivity index (χ1n) is 25.5. The van der Waals surface area contributed by atoms with E-state index in [9.17, 15) is 9.59 Å². The summed E-state index contributed by atoms with van der Waals surface area (Å²) in [6.45, 7) is 24.3. The zero-order chi connectivity index (χ0) is 50.9. The number of carbonyl (C=O) groups is 2. The van der Waals surface area contributed by atoms with Gasteiger partial charge in [-0.15, -0.1) is 0 Å². The maximum absolute atomic E-state index is 11.5. The molecule has 0 heterocycles. The van der Waals surface area contributed by atoms with E-state index in [1.807, 2.05) is 98.7 Å². The molecule has 5 aliphatic carbocycles. The quantitative estimate of drug-likeness (QED) is 0.129. The van der Waals surface area contributed by atoms with Crippen molar-refractivity contribution in [1.82, 2.24) is 0 Å². The van der Waals surface area contributed by atoms with Crippen molar-refractivity contribution in [2.75, 3.05) is 14.2 Å². The van der Waals surface area contributed by atoms with Gasteiger partial charge in [0.05, 0.1) is 19.6 Å². The molecule has 0 atom stereocenters. The molecule has 0 radical (unpaired) electrons. The second-order valence-electron chi connectivity index (χ2n) is 17.2. The summed E-state index contributed by atoms with van der Waals surface area (Å²) in [4.78, 5) is 22.1. The SMILES string of the molecule is C1C2CC3CC1CC(C2)C3.CC.CC.CC.CC.COC(=O)Oc1ccc(C)cc1.COC(=O)Oc1ccc(C2(c3ccc(C)cc3)c3ccccc3-c3ccccc32)cc1.Cc1ccc(C)cc1. The number of aryl methyl sites for hydroxylation is 4. The van der Waals surface area contributed by atoms with Crippen molar-refractivity contribution in [2.45, 2.75) is 127 Å². The summed E-state index contributed by atoms with van der Waals surface area (Å²) in [6.07, 6.45) is 8.21. The van der Waals surface area contributed by atoms with Crippen LogP contribution in [0.1, 0.15) is 138 Å². The molecule has 0 aromatic heterocycles. The van der Waals surface area contributed by atoms with E-state index in [4.69, 9.17) is 9.47 Å². The van der Waals surface area contributed by atoms with Crippen LogP contribution < -0.4 is 9.47 Å². The summed E-state index contributed by atoms with van der Waals surface area (Å²) in [6, 6.07) is 49.3. The van der Waals surface area contributed by atoms with Crippen molar-refractivity contribution in [2.24, 2.45) is 23.7 Å². The van der Waals surface area contributed by atoms with Crippen molar-refractivity contribution < 1.29 is 28.5 Å². The number of rotatable bonds is 4. The molecule has 69 heavy (non-hydrogen) atoms. The highest BCUT2D eigenvalue weighted by Gasteiger charge is 2.46. The van der Waals surface area contributed by atoms with Crippen LogP contribution in [0.15, 0.2) is 146 Å². The lowest BCUT2D eigenvalue weighted by molar-refractivity contribution is 0.0198. The van der Waals surface area contributed by atoms with Crippen molar-refractivity contribution in [3.8, 4) is 22.6 Å². The predicted molar refractivity (Wildman–Crippen MR) is 289 cm³/mol. The number of benzene rings is 6. The highest BCUT2D eigenvalue weighted by Crippen LogP contribution is 2.56. The first-order valence-corrected chi connectivity index (χ1v) is 25.5. The number of carbonyl (C=O) groups excluding carboxylic acids is 2. The summed E-state index contributed by atoms with van der Waals surface area (Å²) >= 11 is 0. The largest absolute Gasteiger partial charge is 0.513 e. The van der Waals surface area contributed by atoms with E-state index in [0.717, 1.165) is 11.1 Å². The van der Waals surface area contributed by atoms with E-state index in [0.29, 0.717) is 11.5 Å². The van der Waals surface area contributed by atoms with Crippen molar-refractivity contribution in [3.63, 3.8) is 0 Å². The van der Waals surface area contributed by atoms with Crippen LogP contribution in [0.4, 0.5) is 9.59 Å². The van der Waals surface area contributed by atoms with Gasteiger partial charge in [-0.25, -0.2) is 9.59 Å². The topological polar surface area (TPSA) is 71.1 Å². The fraction of sp³-hybridized carbons (Fsp3) is 0.397. The van der Waals surface area contributed by atoms with Gasteiger partial charge in [0.15, 0.2) is 0 Å². The van der Waals surface area contributed by atoms with Gasteiger partial charge in [0, 0.05) is 0 Å². The molecule has 0 N–H and O–H groups in total. The minimum Gasteiger partial charge on any atom is -0.437 e. The van der Waals surface area contributed by atoms with Gasteiger partial charge in [0.1, 0.15) is 11.5 Å². The Bertz CT molecular complexity index is 2260. The molecule has 370 valence electrons. The highest BCUT2D eigenvalue weighted by atomic mass is 16.7. The van der Waals surface area contributed by atoms with Crippen molar-refractivity contribution in [3.05, 3.63) is 190 Å². The molecule has 5 aliphatic rings. The van der Waals surface area contributed by atoms with Gasteiger partial charge >= 0.3 is 12.3 Å². The molecule has 0 unspecified atom stereocenters. The molecule has 0 amide bonds. The summed E-state index contributed by atoms with van der Waals surface area (Å²) in [5.41, 5.74) is 11.9. The summed E-state index contributed by atoms with van der Waals surface area (Å²) in [7, 11) is 2.58. The first kappa shape index (κ1) is 57.2. The molecule has 6 nitrogen and oxygen atoms in total. The minimum absolute atomic E-state index is 0.453. The average molecular weight is 935 g/mol. The van der Waals surface area contributed by atoms with Gasteiger partial charge in [-0.1, -0.05) is 199 Å². The number of hydrogen-bond donors (Lipinski definition) is 0. The monoisotopic (exact) mass is 935 g/mol. The van der Waals surface area contributed by atoms with Crippen LogP contribution >= 0.6 is 0 Å². The van der Waals surface area contributed by atoms with E-state index < -0.39 is 17.7 Å². The van der Waals surface area contributed by atoms with Gasteiger partial charge in [-0.2, -0.15) is 0 Å². The molecule has 6 aromatic carbocycles. The Hall–Kier alpha value is -6.14. The van der Waals surface area contributed by atoms with Crippen LogP contribution in [-0.2, 0) is 14.9 Å². The number of fused-ring (bicyclic) bond motifs is 3. The van der Waals surface area contributed by atoms with E-state index in [1.165, 1.54) is 82.4 Å². The molecule has 11 rings (SSSR count). The predicted octanol–water partition coefficient (Wildman–Crippen LogP) is 17.9. The molecule has 4 bridgehead atoms. The Morgan fingerprint density at radius 3 is 0.928 bits per heavy atom. The molecule has 0 aliphatic heterocycles. The van der Waals surface area contributed by atoms with E-state index in [2.05, 4.69) is 127 Å². The Morgan fingerprint density at radius 2 is 0.623 bits per heavy atom. The third kappa shape index (κ3) is 15.4. The minimum atomic E-state index is -0.724. The van der Waals surface area contributed by atoms with Gasteiger partial charge in [0.2, 0.25) is 0 Å². The normalized spacial score (nSPS) is 17.3. The van der Waals surface area contributed by atoms with Crippen LogP contribution in [0.5, 0.6) is 11.5 Å². The van der Waals surface area contributed by atoms with E-state index >= 15 is 0 Å². The van der Waals surface area contributed by atoms with Gasteiger partial charge in [-0.3, -0.25) is 0 Å². The Balaban J connectivity index is 0.000000271. The van der Waals surface area contributed by atoms with Crippen LogP contribution in [0.3, 0.4) is 0 Å². The molecule has 0 spiro atoms. The zero-order valence-corrected chi connectivity index (χ0v) is 44.4. The van der Waals surface area contributed by atoms with Crippen molar-refractivity contribution >= 4 is 12.3 Å². The lowest BCUT2D eigenvalue weighted by atomic mass is 9.56. The first-order chi connectivity index (χ1) is 33.5. The van der Waals surface area contributed by atoms with Crippen LogP contribution in [0.2, 0.25) is 0 Å². The van der Waals surface area contributed by atoms with Gasteiger partial charge in [-0.05, 0) is 148 Å². The zero-order valence-electron chi connectivity index (χ0n) is 44.4. The Morgan fingerprint density at radius 1 is 0.377 bits per heavy atom. The van der Waals surface area contributed by atoms with Crippen molar-refractivity contribution in [1.29, 1.82) is 0 Å². The molecule has 4 fully saturated rings. The third-order valence-corrected chi connectivity index (χ3v) is 12.7. The fourth-order valence-corrected chi connectivity index (χ4v) is 10.1. The summed E-state index contributed by atoms with van der Waals surface area (Å²) in [5, 5.41) is 0. The second-order valence-corrected chi connectivity index (χ2v) is 17.2. The maximum Gasteiger partial charge on any atom is 0.513 e. The van der Waals surface area contributed by atoms with Gasteiger partial charge < -0.3 is 18.9 Å². The standard InChI is InChI=1S/C28H22O3.C10H16.C9H10O3.C8H10.4C2H6/c1-19-11-13-20(14-12-19)28(21-15-17-22(18-16-21)31-27(29)30-2)25-9-5-3-7-23(25)24-8-4-6-10-26(24)28;1-7-2-9-4-8(1)5-10(3-7)6-9;1-7-3-5-8(6-4-7)12-9(10)11-2;1-7-3-5-8(2)6-4-7;4*1-2/h3-18H,1-2H3;7-10H,1-6H2;3-6H,1-2H3;3-6H,1-2H3;4*1-2H3. The molecule has 6 heteroatoms. The van der Waals surface area contributed by atoms with Crippen LogP contribution in [-0.4, -0.2) is 26.5 Å². The smallest absolute Gasteiger partial charge is 0.437 e. The second kappa shape index (κ2) is 29.7. The molecule has 0 saturated heterocycles. The molecular formula is C63H82O6. The van der Waals surface area contributed by atoms with Gasteiger partial charge in [0.25, 0.3) is 0 Å². The van der Waals surface area contributed by atoms with E-state index in [-0.39, 0.29) is 0 Å². The van der Waals surface area contributed by atoms with Crippen LogP contribution in [0, 0.1) is 51.4 Å². The fourth-order valence-electron chi connectivity index (χ4n) is 10.1. The average Bonchev–Trinajstić information content (AvgIpc) is 3.69. The molecular weight excluding hydrogens is 853 g/mol. The summed E-state index contributed by atoms with van der Waals surface area (Å²) in [5.74, 6) is 5.65. The Kier molecular flexibility index (Phi) is 24.6. The summed E-state index contributed by atoms with van der Waals surface area (Å²) < 4.78 is 18.9. The maximum atomic E-state index is 11.5. The van der Waals surface area contributed by atoms with E-state index in [1.54, 1.807) is 50.7 Å². The highest BCUT2D eigenvalue weighted by molar-refractivity contribution is 5.86. The number of ether oxygens (including phenoxy) is 4. The molecule has 6 aromatic rings. The molecule has 4 saturated carbocycles. The third-order valence-electron chi connectivity index (χ3n) is 12.7. The lowest BCUT2D eigenvalue weighted by Crippen LogP contribution is -2.38. The Labute approximate surface area is 416 Å².